The van der Waals surface area contributed by atoms with Crippen LogP contribution in [0.1, 0.15) is 68.0 Å². The Morgan fingerprint density at radius 2 is 1.74 bits per heavy atom. The Balaban J connectivity index is 0.801. The van der Waals surface area contributed by atoms with E-state index in [0.29, 0.717) is 58.3 Å². The van der Waals surface area contributed by atoms with Crippen molar-refractivity contribution in [1.29, 1.82) is 0 Å². The van der Waals surface area contributed by atoms with Crippen LogP contribution in [0, 0.1) is 29.3 Å². The number of carbonyl (C=O) groups is 2. The standard InChI is InChI=1S/C44H45ClF6N10O4/c1-58-31-15-27(46)30(14-24(31)36-38(42(58)64)65-19-44(50,51)39(55-36)21-3-4-21)53-40-26(45)16-52-43(56-40)61-12-9-22(29(48)18-61)17-60-10-7-20(8-11-60)33-28(47)13-25-35(57-59(2)37(25)34(33)49)23-5-6-32(62)54-41(23)63/h13-16,20-23,29,39,55H,3-12,17-19H2,1-2H3,(H,52,53,56)(H,54,62,63)/t22-,23?,29-,39+/m1/s1. The van der Waals surface area contributed by atoms with Crippen molar-refractivity contribution in [2.75, 3.05) is 54.9 Å². The van der Waals surface area contributed by atoms with Crippen LogP contribution in [0.2, 0.25) is 5.02 Å². The highest BCUT2D eigenvalue weighted by molar-refractivity contribution is 6.33. The molecule has 0 spiro atoms. The first-order valence-electron chi connectivity index (χ1n) is 21.8. The molecule has 3 aromatic heterocycles. The minimum absolute atomic E-state index is 0.0167. The molecule has 1 aliphatic carbocycles. The molecule has 14 nitrogen and oxygen atoms in total. The van der Waals surface area contributed by atoms with Crippen molar-refractivity contribution in [3.63, 3.8) is 0 Å². The Kier molecular flexibility index (Phi) is 10.9. The summed E-state index contributed by atoms with van der Waals surface area (Å²) in [5, 5.41) is 12.9. The molecular formula is C44H45ClF6N10O4. The van der Waals surface area contributed by atoms with Crippen molar-refractivity contribution in [2.24, 2.45) is 25.9 Å². The number of benzene rings is 2. The van der Waals surface area contributed by atoms with Gasteiger partial charge in [0.15, 0.2) is 18.2 Å². The second kappa shape index (κ2) is 16.4. The van der Waals surface area contributed by atoms with E-state index in [0.717, 1.165) is 10.6 Å². The smallest absolute Gasteiger partial charge is 0.301 e. The lowest BCUT2D eigenvalue weighted by Gasteiger charge is -2.39. The van der Waals surface area contributed by atoms with Crippen LogP contribution in [0.5, 0.6) is 5.75 Å². The van der Waals surface area contributed by atoms with Crippen molar-refractivity contribution < 1.29 is 40.7 Å². The van der Waals surface area contributed by atoms with Crippen molar-refractivity contribution in [2.45, 2.75) is 74.9 Å². The zero-order chi connectivity index (χ0) is 45.6. The SMILES string of the molecule is Cn1nc(C2CCC(=O)NC2=O)c2cc(F)c(C3CCN(C[C@H]4CCN(c5ncc(Cl)c(Nc6cc7c8c(c(=O)n(C)c7cc6F)OCC(F)(F)[C@H](C6CC6)N8)n5)C[C@H]4F)CC3)c(F)c21. The maximum absolute atomic E-state index is 16.2. The van der Waals surface area contributed by atoms with E-state index in [4.69, 9.17) is 16.3 Å². The van der Waals surface area contributed by atoms with E-state index in [-0.39, 0.29) is 98.2 Å². The van der Waals surface area contributed by atoms with Gasteiger partial charge in [-0.15, -0.1) is 0 Å². The predicted octanol–water partition coefficient (Wildman–Crippen LogP) is 6.81. The van der Waals surface area contributed by atoms with Crippen molar-refractivity contribution in [3.8, 4) is 5.75 Å². The maximum Gasteiger partial charge on any atom is 0.301 e. The number of aromatic nitrogens is 5. The molecule has 10 rings (SSSR count). The average molecular weight is 927 g/mol. The molecule has 4 atom stereocenters. The molecule has 4 fully saturated rings. The molecule has 2 aromatic carbocycles. The number of nitrogens with one attached hydrogen (secondary N) is 3. The van der Waals surface area contributed by atoms with Gasteiger partial charge in [-0.1, -0.05) is 11.6 Å². The number of fused-ring (bicyclic) bond motifs is 4. The molecule has 344 valence electrons. The summed E-state index contributed by atoms with van der Waals surface area (Å²) in [6.07, 6.45) is 2.87. The van der Waals surface area contributed by atoms with Crippen LogP contribution in [0.4, 0.5) is 49.5 Å². The summed E-state index contributed by atoms with van der Waals surface area (Å²) in [5.74, 6) is -8.42. The summed E-state index contributed by atoms with van der Waals surface area (Å²) in [5.41, 5.74) is -0.313. The number of rotatable bonds is 8. The van der Waals surface area contributed by atoms with Crippen LogP contribution in [-0.2, 0) is 23.7 Å². The molecule has 21 heteroatoms. The first kappa shape index (κ1) is 43.3. The van der Waals surface area contributed by atoms with E-state index >= 15 is 26.3 Å². The number of anilines is 4. The summed E-state index contributed by atoms with van der Waals surface area (Å²) >= 11 is 6.49. The lowest BCUT2D eigenvalue weighted by molar-refractivity contribution is -0.134. The number of imide groups is 1. The van der Waals surface area contributed by atoms with E-state index in [9.17, 15) is 14.4 Å². The lowest BCUT2D eigenvalue weighted by Crippen LogP contribution is -2.47. The molecule has 2 amide bonds. The minimum atomic E-state index is -3.26. The normalized spacial score (nSPS) is 24.1. The molecule has 65 heavy (non-hydrogen) atoms. The van der Waals surface area contributed by atoms with Gasteiger partial charge in [0.05, 0.1) is 47.3 Å². The van der Waals surface area contributed by atoms with Gasteiger partial charge in [-0.2, -0.15) is 10.1 Å². The summed E-state index contributed by atoms with van der Waals surface area (Å²) in [7, 11) is 2.94. The number of hydrogen-bond donors (Lipinski definition) is 3. The highest BCUT2D eigenvalue weighted by Gasteiger charge is 2.51. The molecule has 1 unspecified atom stereocenters. The molecule has 0 bridgehead atoms. The number of aryl methyl sites for hydroxylation is 2. The van der Waals surface area contributed by atoms with Crippen molar-refractivity contribution in [3.05, 3.63) is 68.5 Å². The Labute approximate surface area is 372 Å². The first-order chi connectivity index (χ1) is 31.1. The lowest BCUT2D eigenvalue weighted by atomic mass is 9.86. The first-order valence-corrected chi connectivity index (χ1v) is 22.2. The monoisotopic (exact) mass is 926 g/mol. The van der Waals surface area contributed by atoms with E-state index in [1.54, 1.807) is 4.90 Å². The Morgan fingerprint density at radius 3 is 2.46 bits per heavy atom. The van der Waals surface area contributed by atoms with Gasteiger partial charge in [0.2, 0.25) is 23.5 Å². The highest BCUT2D eigenvalue weighted by atomic mass is 35.5. The van der Waals surface area contributed by atoms with Crippen LogP contribution in [0.3, 0.4) is 0 Å². The van der Waals surface area contributed by atoms with Gasteiger partial charge in [0.1, 0.15) is 28.3 Å². The molecule has 4 aliphatic heterocycles. The van der Waals surface area contributed by atoms with Gasteiger partial charge in [0, 0.05) is 61.9 Å². The predicted molar refractivity (Wildman–Crippen MR) is 229 cm³/mol. The van der Waals surface area contributed by atoms with Gasteiger partial charge in [0.25, 0.3) is 5.56 Å². The average Bonchev–Trinajstić information content (AvgIpc) is 4.07. The second-order valence-electron chi connectivity index (χ2n) is 18.0. The van der Waals surface area contributed by atoms with Gasteiger partial charge < -0.3 is 29.7 Å². The number of ether oxygens (including phenoxy) is 1. The van der Waals surface area contributed by atoms with Crippen LogP contribution in [0.25, 0.3) is 21.8 Å². The summed E-state index contributed by atoms with van der Waals surface area (Å²) in [6.45, 7) is 0.814. The molecule has 0 radical (unpaired) electrons. The number of alkyl halides is 3. The molecule has 5 aromatic rings. The van der Waals surface area contributed by atoms with Gasteiger partial charge in [-0.25, -0.2) is 31.3 Å². The topological polar surface area (TPSA) is 152 Å². The van der Waals surface area contributed by atoms with Crippen LogP contribution in [0.15, 0.2) is 29.2 Å². The number of carbonyl (C=O) groups excluding carboxylic acids is 2. The number of likely N-dealkylation sites (tertiary alicyclic amines) is 1. The molecule has 3 N–H and O–H groups in total. The van der Waals surface area contributed by atoms with Crippen LogP contribution in [-0.4, -0.2) is 98.5 Å². The van der Waals surface area contributed by atoms with Crippen LogP contribution >= 0.6 is 11.6 Å². The number of halogens is 7. The highest BCUT2D eigenvalue weighted by Crippen LogP contribution is 2.46. The molecule has 3 saturated heterocycles. The summed E-state index contributed by atoms with van der Waals surface area (Å²) in [4.78, 5) is 50.1. The van der Waals surface area contributed by atoms with Gasteiger partial charge in [-0.3, -0.25) is 24.4 Å². The van der Waals surface area contributed by atoms with Crippen molar-refractivity contribution in [1.82, 2.24) is 34.5 Å². The fourth-order valence-corrected chi connectivity index (χ4v) is 10.2. The Bertz CT molecular complexity index is 2830. The second-order valence-corrected chi connectivity index (χ2v) is 18.4. The maximum atomic E-state index is 16.2. The quantitative estimate of drug-likeness (QED) is 0.111. The fraction of sp³-hybridized carbons (Fsp3) is 0.500. The minimum Gasteiger partial charge on any atom is -0.480 e. The molecule has 1 saturated carbocycles. The Hall–Kier alpha value is -5.63. The number of amides is 2. The third-order valence-electron chi connectivity index (χ3n) is 13.8. The largest absolute Gasteiger partial charge is 0.480 e. The van der Waals surface area contributed by atoms with Crippen molar-refractivity contribution >= 4 is 68.4 Å². The molecular weight excluding hydrogens is 882 g/mol. The number of piperidine rings is 3. The third kappa shape index (κ3) is 7.78. The molecule has 7 heterocycles. The summed E-state index contributed by atoms with van der Waals surface area (Å²) in [6, 6.07) is 2.45. The zero-order valence-corrected chi connectivity index (χ0v) is 36.1. The summed E-state index contributed by atoms with van der Waals surface area (Å²) < 4.78 is 102. The van der Waals surface area contributed by atoms with Gasteiger partial charge in [-0.05, 0) is 75.6 Å². The van der Waals surface area contributed by atoms with E-state index in [2.05, 4.69) is 35.9 Å². The van der Waals surface area contributed by atoms with Gasteiger partial charge >= 0.3 is 5.92 Å². The Morgan fingerprint density at radius 1 is 0.969 bits per heavy atom. The third-order valence-corrected chi connectivity index (χ3v) is 14.1. The number of nitrogens with zero attached hydrogens (tertiary/aromatic N) is 7. The van der Waals surface area contributed by atoms with E-state index in [1.807, 2.05) is 0 Å². The van der Waals surface area contributed by atoms with E-state index in [1.165, 1.54) is 37.1 Å². The zero-order valence-electron chi connectivity index (χ0n) is 35.4. The fourth-order valence-electron chi connectivity index (χ4n) is 10.1. The molecule has 5 aliphatic rings. The van der Waals surface area contributed by atoms with Crippen LogP contribution < -0.4 is 31.1 Å². The van der Waals surface area contributed by atoms with E-state index < -0.39 is 71.4 Å². The number of pyridine rings is 1. The number of hydrogen-bond acceptors (Lipinski definition) is 11.